The molecule has 88 valence electrons. The van der Waals surface area contributed by atoms with Crippen LogP contribution < -0.4 is 0 Å². The van der Waals surface area contributed by atoms with Gasteiger partial charge in [-0.1, -0.05) is 30.3 Å². The fourth-order valence-electron chi connectivity index (χ4n) is 2.44. The van der Waals surface area contributed by atoms with E-state index in [1.54, 1.807) is 0 Å². The Balaban J connectivity index is 1.57. The summed E-state index contributed by atoms with van der Waals surface area (Å²) in [5, 5.41) is 0. The summed E-state index contributed by atoms with van der Waals surface area (Å²) in [6.07, 6.45) is 1.14. The third-order valence-corrected chi connectivity index (χ3v) is 3.45. The van der Waals surface area contributed by atoms with Crippen LogP contribution in [0.2, 0.25) is 0 Å². The Hall–Kier alpha value is -1.64. The first kappa shape index (κ1) is 10.5. The van der Waals surface area contributed by atoms with E-state index < -0.39 is 0 Å². The zero-order valence-electron chi connectivity index (χ0n) is 9.80. The van der Waals surface area contributed by atoms with Crippen LogP contribution in [-0.4, -0.2) is 24.3 Å². The Labute approximate surface area is 101 Å². The van der Waals surface area contributed by atoms with Crippen LogP contribution in [0.25, 0.3) is 0 Å². The summed E-state index contributed by atoms with van der Waals surface area (Å²) in [5.41, 5.74) is 2.01. The first-order valence-corrected chi connectivity index (χ1v) is 6.11. The van der Waals surface area contributed by atoms with Gasteiger partial charge >= 0.3 is 5.97 Å². The normalized spacial score (nSPS) is 29.5. The average Bonchev–Trinajstić information content (AvgIpc) is 3.22. The molecule has 0 bridgehead atoms. The first-order chi connectivity index (χ1) is 8.31. The molecular formula is C14H15NO2. The Morgan fingerprint density at radius 1 is 1.41 bits per heavy atom. The first-order valence-electron chi connectivity index (χ1n) is 6.11. The summed E-state index contributed by atoms with van der Waals surface area (Å²) < 4.78 is 4.95. The van der Waals surface area contributed by atoms with Gasteiger partial charge in [0.1, 0.15) is 11.8 Å². The van der Waals surface area contributed by atoms with E-state index in [-0.39, 0.29) is 12.0 Å². The molecule has 1 heterocycles. The van der Waals surface area contributed by atoms with Crippen molar-refractivity contribution in [1.29, 1.82) is 0 Å². The number of carbonyl (C=O) groups excluding carboxylic acids is 1. The van der Waals surface area contributed by atoms with E-state index in [4.69, 9.17) is 4.74 Å². The zero-order valence-corrected chi connectivity index (χ0v) is 9.80. The fraction of sp³-hybridized carbons (Fsp3) is 0.429. The number of hydrogen-bond acceptors (Lipinski definition) is 3. The summed E-state index contributed by atoms with van der Waals surface area (Å²) >= 11 is 0. The van der Waals surface area contributed by atoms with E-state index in [0.29, 0.717) is 24.2 Å². The monoisotopic (exact) mass is 229 g/mol. The van der Waals surface area contributed by atoms with Crippen LogP contribution in [0, 0.1) is 5.92 Å². The van der Waals surface area contributed by atoms with Gasteiger partial charge in [-0.2, -0.15) is 0 Å². The summed E-state index contributed by atoms with van der Waals surface area (Å²) in [6, 6.07) is 10.6. The molecule has 3 rings (SSSR count). The van der Waals surface area contributed by atoms with E-state index in [1.807, 2.05) is 13.0 Å². The predicted octanol–water partition coefficient (Wildman–Crippen LogP) is 2.18. The number of benzene rings is 1. The third-order valence-electron chi connectivity index (χ3n) is 3.45. The van der Waals surface area contributed by atoms with Gasteiger partial charge in [-0.3, -0.25) is 4.99 Å². The van der Waals surface area contributed by atoms with Crippen molar-refractivity contribution in [3.05, 3.63) is 35.9 Å². The Morgan fingerprint density at radius 3 is 2.88 bits per heavy atom. The molecule has 3 nitrogen and oxygen atoms in total. The third kappa shape index (κ3) is 1.97. The zero-order chi connectivity index (χ0) is 11.8. The minimum Gasteiger partial charge on any atom is -0.461 e. The number of aliphatic imine (C=N–C) groups is 1. The molecule has 3 unspecified atom stereocenters. The number of ether oxygens (including phenoxy) is 1. The second kappa shape index (κ2) is 3.99. The van der Waals surface area contributed by atoms with Crippen molar-refractivity contribution in [2.45, 2.75) is 25.3 Å². The van der Waals surface area contributed by atoms with Gasteiger partial charge in [0.05, 0.1) is 6.61 Å². The topological polar surface area (TPSA) is 38.7 Å². The molecule has 0 N–H and O–H groups in total. The number of esters is 1. The molecule has 3 heteroatoms. The number of rotatable bonds is 4. The second-order valence-electron chi connectivity index (χ2n) is 4.60. The maximum atomic E-state index is 11.4. The van der Waals surface area contributed by atoms with Crippen LogP contribution in [-0.2, 0) is 9.53 Å². The lowest BCUT2D eigenvalue weighted by molar-refractivity contribution is -0.134. The standard InChI is InChI=1S/C14H15NO2/c1-2-17-14(16)13-12(15-13)11-8-10(11)9-6-4-3-5-7-9/h3-7,10-12H,2,8H2,1H3. The van der Waals surface area contributed by atoms with Crippen LogP contribution >= 0.6 is 0 Å². The van der Waals surface area contributed by atoms with Crippen LogP contribution in [0.4, 0.5) is 0 Å². The van der Waals surface area contributed by atoms with Crippen LogP contribution in [0.3, 0.4) is 0 Å². The van der Waals surface area contributed by atoms with Gasteiger partial charge < -0.3 is 4.74 Å². The van der Waals surface area contributed by atoms with E-state index in [0.717, 1.165) is 6.42 Å². The second-order valence-corrected chi connectivity index (χ2v) is 4.60. The van der Waals surface area contributed by atoms with Gasteiger partial charge in [0.15, 0.2) is 0 Å². The lowest BCUT2D eigenvalue weighted by atomic mass is 10.1. The van der Waals surface area contributed by atoms with E-state index in [2.05, 4.69) is 29.3 Å². The molecule has 1 saturated carbocycles. The molecule has 2 aliphatic rings. The van der Waals surface area contributed by atoms with Crippen LogP contribution in [0.1, 0.15) is 24.8 Å². The SMILES string of the molecule is CCOC(=O)C1=NC1C1CC1c1ccccc1. The molecule has 1 aromatic carbocycles. The highest BCUT2D eigenvalue weighted by Gasteiger charge is 2.53. The van der Waals surface area contributed by atoms with Gasteiger partial charge in [0.2, 0.25) is 0 Å². The molecule has 0 aromatic heterocycles. The molecule has 1 aliphatic carbocycles. The summed E-state index contributed by atoms with van der Waals surface area (Å²) in [4.78, 5) is 15.7. The predicted molar refractivity (Wildman–Crippen MR) is 65.1 cm³/mol. The van der Waals surface area contributed by atoms with Gasteiger partial charge in [0, 0.05) is 0 Å². The molecule has 0 spiro atoms. The molecule has 1 aliphatic heterocycles. The van der Waals surface area contributed by atoms with Gasteiger partial charge in [-0.15, -0.1) is 0 Å². The van der Waals surface area contributed by atoms with Crippen LogP contribution in [0.5, 0.6) is 0 Å². The Bertz CT molecular complexity index is 466. The van der Waals surface area contributed by atoms with Crippen molar-refractivity contribution < 1.29 is 9.53 Å². The minimum atomic E-state index is -0.226. The maximum Gasteiger partial charge on any atom is 0.354 e. The van der Waals surface area contributed by atoms with Crippen molar-refractivity contribution >= 4 is 11.7 Å². The van der Waals surface area contributed by atoms with Crippen molar-refractivity contribution in [3.8, 4) is 0 Å². The van der Waals surface area contributed by atoms with Gasteiger partial charge in [-0.05, 0) is 30.7 Å². The number of nitrogens with zero attached hydrogens (tertiary/aromatic N) is 1. The summed E-state index contributed by atoms with van der Waals surface area (Å²) in [5.74, 6) is 0.880. The average molecular weight is 229 g/mol. The largest absolute Gasteiger partial charge is 0.461 e. The number of hydrogen-bond donors (Lipinski definition) is 0. The molecular weight excluding hydrogens is 214 g/mol. The molecule has 0 saturated heterocycles. The fourth-order valence-corrected chi connectivity index (χ4v) is 2.44. The molecule has 3 atom stereocenters. The van der Waals surface area contributed by atoms with Crippen molar-refractivity contribution in [1.82, 2.24) is 0 Å². The quantitative estimate of drug-likeness (QED) is 0.742. The number of carbonyl (C=O) groups is 1. The van der Waals surface area contributed by atoms with E-state index in [1.165, 1.54) is 5.56 Å². The summed E-state index contributed by atoms with van der Waals surface area (Å²) in [6.45, 7) is 2.25. The molecule has 17 heavy (non-hydrogen) atoms. The smallest absolute Gasteiger partial charge is 0.354 e. The summed E-state index contributed by atoms with van der Waals surface area (Å²) in [7, 11) is 0. The lowest BCUT2D eigenvalue weighted by Crippen LogP contribution is -2.15. The van der Waals surface area contributed by atoms with Gasteiger partial charge in [-0.25, -0.2) is 4.79 Å². The lowest BCUT2D eigenvalue weighted by Gasteiger charge is -1.99. The highest BCUT2D eigenvalue weighted by Crippen LogP contribution is 2.53. The van der Waals surface area contributed by atoms with E-state index >= 15 is 0 Å². The van der Waals surface area contributed by atoms with Crippen molar-refractivity contribution in [2.75, 3.05) is 6.61 Å². The molecule has 0 amide bonds. The minimum absolute atomic E-state index is 0.138. The Morgan fingerprint density at radius 2 is 2.18 bits per heavy atom. The molecule has 1 fully saturated rings. The van der Waals surface area contributed by atoms with Crippen molar-refractivity contribution in [3.63, 3.8) is 0 Å². The van der Waals surface area contributed by atoms with E-state index in [9.17, 15) is 4.79 Å². The van der Waals surface area contributed by atoms with Crippen molar-refractivity contribution in [2.24, 2.45) is 10.9 Å². The van der Waals surface area contributed by atoms with Crippen LogP contribution in [0.15, 0.2) is 35.3 Å². The van der Waals surface area contributed by atoms with Gasteiger partial charge in [0.25, 0.3) is 0 Å². The molecule has 0 radical (unpaired) electrons. The highest BCUT2D eigenvalue weighted by molar-refractivity contribution is 6.44. The maximum absolute atomic E-state index is 11.4. The molecule has 1 aromatic rings. The Kier molecular flexibility index (Phi) is 2.46. The highest BCUT2D eigenvalue weighted by atomic mass is 16.5.